The van der Waals surface area contributed by atoms with E-state index in [2.05, 4.69) is 10.0 Å². The third kappa shape index (κ3) is 1.31. The fourth-order valence-corrected chi connectivity index (χ4v) is 0. The molecule has 0 amide bonds. The van der Waals surface area contributed by atoms with Crippen molar-refractivity contribution in [3.63, 3.8) is 0 Å². The Morgan fingerprint density at radius 1 is 2.00 bits per heavy atom. The molecule has 0 aliphatic heterocycles. The van der Waals surface area contributed by atoms with E-state index in [9.17, 15) is 0 Å². The minimum atomic E-state index is 1.45. The number of hydrogen-bond acceptors (Lipinski definition) is 2. The van der Waals surface area contributed by atoms with Gasteiger partial charge in [-0.3, -0.25) is 0 Å². The van der Waals surface area contributed by atoms with Gasteiger partial charge in [-0.15, -0.1) is 0 Å². The van der Waals surface area contributed by atoms with E-state index in [4.69, 9.17) is 5.53 Å². The number of hydrogen-bond donors (Lipinski definition) is 1. The van der Waals surface area contributed by atoms with Crippen LogP contribution in [0, 0.1) is 5.53 Å². The van der Waals surface area contributed by atoms with Gasteiger partial charge in [0.15, 0.2) is 0 Å². The summed E-state index contributed by atoms with van der Waals surface area (Å²) in [5.41, 5.74) is 5.91. The molecule has 0 unspecified atom stereocenters. The molecule has 3 nitrogen and oxygen atoms in total. The highest BCUT2D eigenvalue weighted by Crippen LogP contribution is 1.25. The second-order valence-corrected chi connectivity index (χ2v) is 0.300. The molecule has 4 heavy (non-hydrogen) atoms. The predicted molar refractivity (Wildman–Crippen MR) is 13.2 cm³/mol. The molecule has 0 fully saturated rings. The van der Waals surface area contributed by atoms with Gasteiger partial charge in [0.2, 0.25) is 4.91 Å². The van der Waals surface area contributed by atoms with Crippen LogP contribution >= 0.6 is 0 Å². The molecular weight excluding hydrogens is 56.0 g/mol. The third-order valence-corrected chi connectivity index (χ3v) is 0.100. The molecule has 0 bridgehead atoms. The van der Waals surface area contributed by atoms with Crippen LogP contribution in [0.15, 0.2) is 5.11 Å². The van der Waals surface area contributed by atoms with Crippen LogP contribution in [0.4, 0.5) is 0 Å². The Kier molecular flexibility index (Phi) is 1.91. The fourth-order valence-electron chi connectivity index (χ4n) is 0. The highest BCUT2D eigenvalue weighted by Gasteiger charge is 1.45. The molecule has 0 radical (unpaired) electrons. The number of rotatable bonds is 0. The van der Waals surface area contributed by atoms with Crippen molar-refractivity contribution in [2.75, 3.05) is 7.05 Å². The SMILES string of the molecule is [13CH3][15N]=[N+]=N. The number of nitrogens with zero attached hydrogens (tertiary/aromatic N) is 2. The van der Waals surface area contributed by atoms with Crippen molar-refractivity contribution in [3.05, 3.63) is 0 Å². The Morgan fingerprint density at radius 3 is 2.25 bits per heavy atom. The van der Waals surface area contributed by atoms with Crippen LogP contribution in [-0.4, -0.2) is 7.05 Å². The Balaban J connectivity index is 3.11. The van der Waals surface area contributed by atoms with E-state index in [1.54, 1.807) is 0 Å². The van der Waals surface area contributed by atoms with Crippen molar-refractivity contribution < 1.29 is 0 Å². The summed E-state index contributed by atoms with van der Waals surface area (Å²) in [6, 6.07) is 0. The summed E-state index contributed by atoms with van der Waals surface area (Å²) < 4.78 is 0. The van der Waals surface area contributed by atoms with Crippen LogP contribution in [0.5, 0.6) is 0 Å². The molecular formula is CH4N3+. The van der Waals surface area contributed by atoms with Crippen molar-refractivity contribution in [3.8, 4) is 0 Å². The van der Waals surface area contributed by atoms with Gasteiger partial charge in [0.1, 0.15) is 17.7 Å². The van der Waals surface area contributed by atoms with Crippen LogP contribution in [0.25, 0.3) is 0 Å². The summed E-state index contributed by atoms with van der Waals surface area (Å²) in [5, 5.41) is 3.03. The van der Waals surface area contributed by atoms with Gasteiger partial charge < -0.3 is 0 Å². The zero-order valence-corrected chi connectivity index (χ0v) is 2.39. The second-order valence-electron chi connectivity index (χ2n) is 0.300. The number of nitrogens with one attached hydrogen (secondary N) is 1. The van der Waals surface area contributed by atoms with Gasteiger partial charge in [-0.1, -0.05) is 0 Å². The molecule has 0 aromatic rings. The normalized spacial score (nSPS) is 4.25. The highest BCUT2D eigenvalue weighted by atomic mass is 15.7. The molecule has 0 rings (SSSR count). The lowest BCUT2D eigenvalue weighted by Crippen LogP contribution is -1.43. The van der Waals surface area contributed by atoms with Crippen molar-refractivity contribution in [1.82, 2.24) is 4.91 Å². The average molecular weight is 60.0 g/mol. The zero-order valence-electron chi connectivity index (χ0n) is 2.39. The Labute approximate surface area is 23.9 Å². The Morgan fingerprint density at radius 2 is 2.25 bits per heavy atom. The summed E-state index contributed by atoms with van der Waals surface area (Å²) in [5.74, 6) is 0. The summed E-state index contributed by atoms with van der Waals surface area (Å²) in [6.07, 6.45) is 0. The standard InChI is InChI=1S/CH4N3/c1-3-4-2/h2H,1H3/q+1/i1+1,3+1. The maximum Gasteiger partial charge on any atom is 0.213 e. The first-order valence-electron chi connectivity index (χ1n) is 0.871. The lowest BCUT2D eigenvalue weighted by molar-refractivity contribution is 0.960. The zero-order chi connectivity index (χ0) is 3.41. The summed E-state index contributed by atoms with van der Waals surface area (Å²) in [4.78, 5) is 2.61. The van der Waals surface area contributed by atoms with E-state index >= 15 is 0 Å². The fraction of sp³-hybridized carbons (Fsp3) is 1.00. The molecule has 0 spiro atoms. The van der Waals surface area contributed by atoms with Crippen LogP contribution in [0.2, 0.25) is 0 Å². The lowest BCUT2D eigenvalue weighted by atomic mass is 12.5. The molecule has 0 atom stereocenters. The molecule has 22 valence electrons. The van der Waals surface area contributed by atoms with E-state index in [0.29, 0.717) is 0 Å². The first-order valence-corrected chi connectivity index (χ1v) is 0.871. The molecule has 3 heteroatoms. The smallest absolute Gasteiger partial charge is 0.103 e. The first-order chi connectivity index (χ1) is 1.91. The van der Waals surface area contributed by atoms with Crippen molar-refractivity contribution in [2.24, 2.45) is 5.11 Å². The van der Waals surface area contributed by atoms with Crippen LogP contribution in [0.3, 0.4) is 0 Å². The van der Waals surface area contributed by atoms with Gasteiger partial charge >= 0.3 is 0 Å². The molecule has 1 N–H and O–H groups in total. The van der Waals surface area contributed by atoms with Gasteiger partial charge in [-0.2, -0.15) is 0 Å². The quantitative estimate of drug-likeness (QED) is 0.179. The van der Waals surface area contributed by atoms with E-state index in [1.807, 2.05) is 0 Å². The van der Waals surface area contributed by atoms with Gasteiger partial charge in [0.05, 0.1) is 0 Å². The van der Waals surface area contributed by atoms with Gasteiger partial charge in [-0.25, -0.2) is 0 Å². The molecule has 0 saturated heterocycles. The Bertz CT molecular complexity index is 41.2. The molecule has 0 saturated carbocycles. The molecule has 0 aliphatic carbocycles. The van der Waals surface area contributed by atoms with Gasteiger partial charge in [-0.05, 0) is 0 Å². The molecule has 0 aliphatic rings. The minimum absolute atomic E-state index is 1.45. The average Bonchev–Trinajstić information content (AvgIpc) is 1.37. The van der Waals surface area contributed by atoms with E-state index < -0.39 is 0 Å². The van der Waals surface area contributed by atoms with Crippen molar-refractivity contribution in [2.45, 2.75) is 0 Å². The van der Waals surface area contributed by atoms with E-state index in [-0.39, 0.29) is 0 Å². The minimum Gasteiger partial charge on any atom is 0.103 e. The second kappa shape index (κ2) is 2.31. The molecule has 0 heterocycles. The lowest BCUT2D eigenvalue weighted by Gasteiger charge is -1.17. The van der Waals surface area contributed by atoms with Crippen LogP contribution < -0.4 is 4.91 Å². The van der Waals surface area contributed by atoms with Crippen molar-refractivity contribution >= 4 is 0 Å². The van der Waals surface area contributed by atoms with E-state index in [1.165, 1.54) is 7.05 Å². The van der Waals surface area contributed by atoms with Crippen LogP contribution in [0.1, 0.15) is 0 Å². The molecule has 0 aromatic heterocycles. The predicted octanol–water partition coefficient (Wildman–Crippen LogP) is 0.167. The van der Waals surface area contributed by atoms with Gasteiger partial charge in [0, 0.05) is 0 Å². The Hall–Kier alpha value is -0.690. The van der Waals surface area contributed by atoms with Crippen LogP contribution in [-0.2, 0) is 0 Å². The maximum absolute atomic E-state index is 5.91. The topological polar surface area (TPSA) is 50.3 Å². The monoisotopic (exact) mass is 60.0 g/mol. The third-order valence-electron chi connectivity index (χ3n) is 0.100. The van der Waals surface area contributed by atoms with E-state index in [0.717, 1.165) is 0 Å². The summed E-state index contributed by atoms with van der Waals surface area (Å²) in [6.45, 7) is 0. The first kappa shape index (κ1) is 3.31. The molecule has 0 aromatic carbocycles. The summed E-state index contributed by atoms with van der Waals surface area (Å²) >= 11 is 0. The largest absolute Gasteiger partial charge is 0.213 e. The maximum atomic E-state index is 5.91. The highest BCUT2D eigenvalue weighted by molar-refractivity contribution is 3.77. The van der Waals surface area contributed by atoms with Crippen molar-refractivity contribution in [1.29, 1.82) is 5.53 Å². The van der Waals surface area contributed by atoms with Gasteiger partial charge in [0.25, 0.3) is 0 Å². The summed E-state index contributed by atoms with van der Waals surface area (Å²) in [7, 11) is 1.45.